The van der Waals surface area contributed by atoms with E-state index in [2.05, 4.69) is 133 Å². The Hall–Kier alpha value is -6.56. The number of hydrogen-bond acceptors (Lipinski definition) is 5. The molecule has 1 N–H and O–H groups in total. The zero-order valence-corrected chi connectivity index (χ0v) is 32.2. The summed E-state index contributed by atoms with van der Waals surface area (Å²) >= 11 is 5.06. The first-order valence-electron chi connectivity index (χ1n) is 19.0. The monoisotopic (exact) mass is 740 g/mol. The molecule has 1 aliphatic heterocycles. The van der Waals surface area contributed by atoms with Crippen LogP contribution in [0.25, 0.3) is 49.9 Å². The molecule has 1 aliphatic carbocycles. The van der Waals surface area contributed by atoms with Crippen LogP contribution in [0.5, 0.6) is 0 Å². The van der Waals surface area contributed by atoms with E-state index in [9.17, 15) is 0 Å². The molecule has 6 aromatic carbocycles. The van der Waals surface area contributed by atoms with E-state index in [4.69, 9.17) is 22.6 Å². The van der Waals surface area contributed by atoms with Gasteiger partial charge in [0, 0.05) is 33.5 Å². The van der Waals surface area contributed by atoms with Gasteiger partial charge in [-0.25, -0.2) is 9.98 Å². The summed E-state index contributed by atoms with van der Waals surface area (Å²) < 4.78 is 0. The zero-order valence-electron chi connectivity index (χ0n) is 31.3. The molecule has 0 radical (unpaired) electrons. The first kappa shape index (κ1) is 35.2. The molecule has 1 aromatic heterocycles. The molecular formula is C51H40N4S. The Labute approximate surface area is 333 Å². The van der Waals surface area contributed by atoms with Gasteiger partial charge in [0.05, 0.1) is 5.52 Å². The third-order valence-electron chi connectivity index (χ3n) is 10.9. The number of benzene rings is 6. The maximum absolute atomic E-state index is 5.29. The number of pyridine rings is 1. The van der Waals surface area contributed by atoms with Crippen molar-refractivity contribution in [2.45, 2.75) is 30.8 Å². The Morgan fingerprint density at radius 2 is 1.39 bits per heavy atom. The molecule has 5 heteroatoms. The van der Waals surface area contributed by atoms with Crippen molar-refractivity contribution in [3.8, 4) is 33.4 Å². The zero-order chi connectivity index (χ0) is 38.2. The van der Waals surface area contributed by atoms with E-state index >= 15 is 0 Å². The lowest BCUT2D eigenvalue weighted by Gasteiger charge is -2.25. The molecule has 56 heavy (non-hydrogen) atoms. The second-order valence-corrected chi connectivity index (χ2v) is 14.6. The Morgan fingerprint density at radius 3 is 2.21 bits per heavy atom. The van der Waals surface area contributed by atoms with Gasteiger partial charge in [-0.15, -0.1) is 12.6 Å². The topological polar surface area (TPSA) is 49.6 Å². The SMILES string of the molecule is C=C(/C=C\C=C/C)c1cccc(C2=NC(c3ccccc3)NC(c3cccc4c3-c3cccc(-c5ccc(-c6cccc7ncccc67)cc5)c3C4C)=N2)c1S. The second kappa shape index (κ2) is 14.9. The van der Waals surface area contributed by atoms with Gasteiger partial charge < -0.3 is 5.32 Å². The van der Waals surface area contributed by atoms with E-state index in [0.29, 0.717) is 5.84 Å². The first-order valence-corrected chi connectivity index (χ1v) is 19.4. The Morgan fingerprint density at radius 1 is 0.696 bits per heavy atom. The van der Waals surface area contributed by atoms with Crippen LogP contribution in [-0.4, -0.2) is 16.7 Å². The largest absolute Gasteiger partial charge is 0.344 e. The van der Waals surface area contributed by atoms with Crippen molar-refractivity contribution < 1.29 is 0 Å². The van der Waals surface area contributed by atoms with Crippen LogP contribution in [0, 0.1) is 0 Å². The Balaban J connectivity index is 1.13. The highest BCUT2D eigenvalue weighted by atomic mass is 32.1. The van der Waals surface area contributed by atoms with Gasteiger partial charge in [-0.2, -0.15) is 0 Å². The number of hydrogen-bond donors (Lipinski definition) is 2. The maximum atomic E-state index is 5.29. The average Bonchev–Trinajstić information content (AvgIpc) is 3.55. The molecule has 9 rings (SSSR count). The van der Waals surface area contributed by atoms with Crippen LogP contribution in [0.2, 0.25) is 0 Å². The van der Waals surface area contributed by atoms with Crippen LogP contribution < -0.4 is 5.32 Å². The number of nitrogens with one attached hydrogen (secondary N) is 1. The molecule has 0 spiro atoms. The molecule has 2 unspecified atom stereocenters. The number of allylic oxidation sites excluding steroid dienone is 5. The van der Waals surface area contributed by atoms with Crippen LogP contribution in [0.4, 0.5) is 0 Å². The summed E-state index contributed by atoms with van der Waals surface area (Å²) in [5.41, 5.74) is 15.6. The summed E-state index contributed by atoms with van der Waals surface area (Å²) in [6.07, 6.45) is 9.49. The van der Waals surface area contributed by atoms with Crippen molar-refractivity contribution >= 4 is 40.8 Å². The summed E-state index contributed by atoms with van der Waals surface area (Å²) in [5, 5.41) is 4.89. The van der Waals surface area contributed by atoms with E-state index in [1.807, 2.05) is 67.8 Å². The fourth-order valence-corrected chi connectivity index (χ4v) is 8.53. The number of nitrogens with zero attached hydrogens (tertiary/aromatic N) is 3. The molecule has 2 heterocycles. The Bertz CT molecular complexity index is 2770. The van der Waals surface area contributed by atoms with Gasteiger partial charge in [0.1, 0.15) is 12.0 Å². The number of amidine groups is 2. The van der Waals surface area contributed by atoms with Gasteiger partial charge in [0.2, 0.25) is 0 Å². The summed E-state index contributed by atoms with van der Waals surface area (Å²) in [6.45, 7) is 8.65. The number of aliphatic imine (C=N–C) groups is 2. The van der Waals surface area contributed by atoms with Gasteiger partial charge in [-0.3, -0.25) is 4.98 Å². The van der Waals surface area contributed by atoms with Crippen LogP contribution in [0.15, 0.2) is 191 Å². The van der Waals surface area contributed by atoms with E-state index in [0.717, 1.165) is 49.5 Å². The molecule has 4 nitrogen and oxygen atoms in total. The molecule has 2 atom stereocenters. The highest BCUT2D eigenvalue weighted by Crippen LogP contribution is 2.50. The predicted molar refractivity (Wildman–Crippen MR) is 238 cm³/mol. The van der Waals surface area contributed by atoms with Gasteiger partial charge in [0.25, 0.3) is 0 Å². The van der Waals surface area contributed by atoms with E-state index < -0.39 is 0 Å². The molecule has 0 amide bonds. The third kappa shape index (κ3) is 6.30. The predicted octanol–water partition coefficient (Wildman–Crippen LogP) is 12.6. The number of aromatic nitrogens is 1. The minimum absolute atomic E-state index is 0.185. The number of thiol groups is 1. The molecular weight excluding hydrogens is 701 g/mol. The molecule has 0 saturated heterocycles. The van der Waals surface area contributed by atoms with Gasteiger partial charge in [-0.1, -0.05) is 165 Å². The Kier molecular flexibility index (Phi) is 9.38. The molecule has 0 fully saturated rings. The molecule has 7 aromatic rings. The third-order valence-corrected chi connectivity index (χ3v) is 11.3. The maximum Gasteiger partial charge on any atom is 0.160 e. The van der Waals surface area contributed by atoms with E-state index in [-0.39, 0.29) is 12.1 Å². The molecule has 0 bridgehead atoms. The van der Waals surface area contributed by atoms with Crippen molar-refractivity contribution in [2.24, 2.45) is 9.98 Å². The normalized spacial score (nSPS) is 16.1. The smallest absolute Gasteiger partial charge is 0.160 e. The lowest BCUT2D eigenvalue weighted by atomic mass is 9.90. The van der Waals surface area contributed by atoms with Crippen LogP contribution in [0.1, 0.15) is 59.3 Å². The number of fused-ring (bicyclic) bond motifs is 4. The lowest BCUT2D eigenvalue weighted by Crippen LogP contribution is -2.34. The minimum Gasteiger partial charge on any atom is -0.344 e. The molecule has 0 saturated carbocycles. The highest BCUT2D eigenvalue weighted by molar-refractivity contribution is 7.80. The molecule has 2 aliphatic rings. The van der Waals surface area contributed by atoms with Crippen molar-refractivity contribution in [3.05, 3.63) is 210 Å². The van der Waals surface area contributed by atoms with Gasteiger partial charge in [0.15, 0.2) is 5.84 Å². The first-order chi connectivity index (χ1) is 27.5. The lowest BCUT2D eigenvalue weighted by molar-refractivity contribution is 0.674. The quantitative estimate of drug-likeness (QED) is 0.120. The second-order valence-electron chi connectivity index (χ2n) is 14.2. The fraction of sp³-hybridized carbons (Fsp3) is 0.0784. The summed E-state index contributed by atoms with van der Waals surface area (Å²) in [4.78, 5) is 15.9. The van der Waals surface area contributed by atoms with E-state index in [1.54, 1.807) is 0 Å². The van der Waals surface area contributed by atoms with Gasteiger partial charge in [-0.05, 0) is 80.3 Å². The summed E-state index contributed by atoms with van der Waals surface area (Å²) in [5.74, 6) is 1.60. The standard InChI is InChI=1S/C51H40N4S/c1-4-5-7-15-32(2)37-18-10-24-44(48(37)56)51-54-49(36-16-8-6-9-17-36)53-50(55-51)43-23-11-19-38-33(3)46-40(21-12-22-42(46)47(38)43)35-29-27-34(28-30-35)39-20-13-26-45-41(39)25-14-31-52-45/h4-31,33,49,56H,2H2,1,3H3,(H,53,54,55)/b5-4-,15-7-. The fourth-order valence-electron chi connectivity index (χ4n) is 8.14. The van der Waals surface area contributed by atoms with Gasteiger partial charge >= 0.3 is 0 Å². The summed E-state index contributed by atoms with van der Waals surface area (Å²) in [6, 6.07) is 49.2. The van der Waals surface area contributed by atoms with Crippen molar-refractivity contribution in [2.75, 3.05) is 0 Å². The van der Waals surface area contributed by atoms with E-state index in [1.165, 1.54) is 44.5 Å². The summed E-state index contributed by atoms with van der Waals surface area (Å²) in [7, 11) is 0. The average molecular weight is 741 g/mol. The number of rotatable bonds is 8. The molecule has 270 valence electrons. The van der Waals surface area contributed by atoms with Crippen molar-refractivity contribution in [1.82, 2.24) is 10.3 Å². The van der Waals surface area contributed by atoms with Crippen LogP contribution in [-0.2, 0) is 0 Å². The van der Waals surface area contributed by atoms with Crippen LogP contribution >= 0.6 is 12.6 Å². The highest BCUT2D eigenvalue weighted by Gasteiger charge is 2.33. The van der Waals surface area contributed by atoms with Crippen molar-refractivity contribution in [3.63, 3.8) is 0 Å². The van der Waals surface area contributed by atoms with Crippen molar-refractivity contribution in [1.29, 1.82) is 0 Å². The van der Waals surface area contributed by atoms with Crippen LogP contribution in [0.3, 0.4) is 0 Å². The minimum atomic E-state index is -0.343.